The molecule has 1 aliphatic heterocycles. The van der Waals surface area contributed by atoms with Gasteiger partial charge in [0.1, 0.15) is 5.78 Å². The lowest BCUT2D eigenvalue weighted by molar-refractivity contribution is -0.123. The van der Waals surface area contributed by atoms with E-state index in [0.29, 0.717) is 12.2 Å². The molecule has 0 bridgehead atoms. The van der Waals surface area contributed by atoms with Gasteiger partial charge in [0.05, 0.1) is 0 Å². The van der Waals surface area contributed by atoms with Crippen LogP contribution in [-0.4, -0.2) is 18.4 Å². The van der Waals surface area contributed by atoms with Crippen LogP contribution < -0.4 is 4.90 Å². The molecule has 17 heavy (non-hydrogen) atoms. The third-order valence-corrected chi connectivity index (χ3v) is 4.73. The van der Waals surface area contributed by atoms with Crippen LogP contribution in [0.25, 0.3) is 0 Å². The van der Waals surface area contributed by atoms with Gasteiger partial charge in [0.25, 0.3) is 0 Å². The van der Waals surface area contributed by atoms with Gasteiger partial charge in [0.2, 0.25) is 0 Å². The van der Waals surface area contributed by atoms with Crippen LogP contribution in [0.2, 0.25) is 0 Å². The summed E-state index contributed by atoms with van der Waals surface area (Å²) in [6, 6.07) is 6.53. The lowest BCUT2D eigenvalue weighted by atomic mass is 9.90. The zero-order chi connectivity index (χ0) is 12.6. The summed E-state index contributed by atoms with van der Waals surface area (Å²) in [4.78, 5) is 14.1. The van der Waals surface area contributed by atoms with Gasteiger partial charge in [-0.2, -0.15) is 0 Å². The highest BCUT2D eigenvalue weighted by Gasteiger charge is 2.31. The van der Waals surface area contributed by atoms with Gasteiger partial charge in [-0.25, -0.2) is 0 Å². The van der Waals surface area contributed by atoms with Gasteiger partial charge in [-0.3, -0.25) is 4.79 Å². The predicted octanol–water partition coefficient (Wildman–Crippen LogP) is 3.56. The van der Waals surface area contributed by atoms with Crippen molar-refractivity contribution in [2.24, 2.45) is 5.92 Å². The lowest BCUT2D eigenvalue weighted by Gasteiger charge is -2.39. The Morgan fingerprint density at radius 1 is 1.35 bits per heavy atom. The van der Waals surface area contributed by atoms with Crippen molar-refractivity contribution in [3.63, 3.8) is 0 Å². The van der Waals surface area contributed by atoms with Gasteiger partial charge in [0, 0.05) is 35.1 Å². The summed E-state index contributed by atoms with van der Waals surface area (Å²) in [7, 11) is 0. The minimum absolute atomic E-state index is 0.127. The first-order valence-electron chi connectivity index (χ1n) is 6.07. The van der Waals surface area contributed by atoms with E-state index in [2.05, 4.69) is 52.9 Å². The van der Waals surface area contributed by atoms with Crippen LogP contribution in [-0.2, 0) is 4.79 Å². The summed E-state index contributed by atoms with van der Waals surface area (Å²) >= 11 is 3.57. The second kappa shape index (κ2) is 4.81. The number of piperidine rings is 1. The molecule has 92 valence electrons. The molecule has 0 saturated carbocycles. The van der Waals surface area contributed by atoms with E-state index in [4.69, 9.17) is 0 Å². The summed E-state index contributed by atoms with van der Waals surface area (Å²) < 4.78 is 1.13. The molecule has 1 fully saturated rings. The largest absolute Gasteiger partial charge is 0.367 e. The van der Waals surface area contributed by atoms with Crippen molar-refractivity contribution < 1.29 is 4.79 Å². The highest BCUT2D eigenvalue weighted by molar-refractivity contribution is 9.10. The first kappa shape index (κ1) is 12.6. The fourth-order valence-electron chi connectivity index (χ4n) is 2.45. The van der Waals surface area contributed by atoms with E-state index in [1.54, 1.807) is 0 Å². The molecule has 0 aromatic heterocycles. The quantitative estimate of drug-likeness (QED) is 0.789. The molecule has 2 rings (SSSR count). The van der Waals surface area contributed by atoms with Gasteiger partial charge < -0.3 is 4.90 Å². The molecular weight excluding hydrogens is 278 g/mol. The standard InChI is InChI=1S/C14H18BrNO/c1-9-11(3)16(8-7-14(9)17)13-6-4-5-12(15)10(13)2/h4-6,9,11H,7-8H2,1-3H3. The van der Waals surface area contributed by atoms with Crippen molar-refractivity contribution in [1.29, 1.82) is 0 Å². The summed E-state index contributed by atoms with van der Waals surface area (Å²) in [5, 5.41) is 0. The van der Waals surface area contributed by atoms with Crippen molar-refractivity contribution in [3.05, 3.63) is 28.2 Å². The Morgan fingerprint density at radius 2 is 2.06 bits per heavy atom. The summed E-state index contributed by atoms with van der Waals surface area (Å²) in [5.41, 5.74) is 2.49. The number of hydrogen-bond donors (Lipinski definition) is 0. The fraction of sp³-hybridized carbons (Fsp3) is 0.500. The SMILES string of the molecule is Cc1c(Br)cccc1N1CCC(=O)C(C)C1C. The molecule has 0 spiro atoms. The Bertz CT molecular complexity index is 444. The molecule has 1 saturated heterocycles. The molecule has 2 nitrogen and oxygen atoms in total. The van der Waals surface area contributed by atoms with E-state index in [1.165, 1.54) is 11.3 Å². The van der Waals surface area contributed by atoms with Crippen LogP contribution in [0.15, 0.2) is 22.7 Å². The van der Waals surface area contributed by atoms with E-state index < -0.39 is 0 Å². The average Bonchev–Trinajstić information content (AvgIpc) is 2.31. The number of carbonyl (C=O) groups is 1. The van der Waals surface area contributed by atoms with Crippen molar-refractivity contribution in [1.82, 2.24) is 0 Å². The third-order valence-electron chi connectivity index (χ3n) is 3.87. The molecule has 0 N–H and O–H groups in total. The smallest absolute Gasteiger partial charge is 0.139 e. The Balaban J connectivity index is 2.34. The number of halogens is 1. The van der Waals surface area contributed by atoms with Crippen LogP contribution in [0.3, 0.4) is 0 Å². The summed E-state index contributed by atoms with van der Waals surface area (Å²) in [6.07, 6.45) is 0.664. The van der Waals surface area contributed by atoms with Crippen LogP contribution in [0.1, 0.15) is 25.8 Å². The van der Waals surface area contributed by atoms with E-state index >= 15 is 0 Å². The molecule has 0 radical (unpaired) electrons. The molecule has 1 aromatic carbocycles. The molecular formula is C14H18BrNO. The number of benzene rings is 1. The summed E-state index contributed by atoms with van der Waals surface area (Å²) in [5.74, 6) is 0.517. The van der Waals surface area contributed by atoms with E-state index in [-0.39, 0.29) is 12.0 Å². The number of rotatable bonds is 1. The van der Waals surface area contributed by atoms with Crippen molar-refractivity contribution in [2.75, 3.05) is 11.4 Å². The van der Waals surface area contributed by atoms with Crippen LogP contribution >= 0.6 is 15.9 Å². The highest BCUT2D eigenvalue weighted by Crippen LogP contribution is 2.32. The Hall–Kier alpha value is -0.830. The topological polar surface area (TPSA) is 20.3 Å². The van der Waals surface area contributed by atoms with Crippen LogP contribution in [0, 0.1) is 12.8 Å². The van der Waals surface area contributed by atoms with E-state index in [0.717, 1.165) is 11.0 Å². The Kier molecular flexibility index (Phi) is 3.57. The van der Waals surface area contributed by atoms with Crippen LogP contribution in [0.5, 0.6) is 0 Å². The zero-order valence-corrected chi connectivity index (χ0v) is 12.1. The maximum Gasteiger partial charge on any atom is 0.139 e. The monoisotopic (exact) mass is 295 g/mol. The molecule has 1 heterocycles. The van der Waals surface area contributed by atoms with Gasteiger partial charge in [0.15, 0.2) is 0 Å². The molecule has 0 aliphatic carbocycles. The number of anilines is 1. The Labute approximate surface area is 111 Å². The number of nitrogens with zero attached hydrogens (tertiary/aromatic N) is 1. The minimum atomic E-state index is 0.127. The number of Topliss-reactive ketones (excluding diaryl/α,β-unsaturated/α-hetero) is 1. The lowest BCUT2D eigenvalue weighted by Crippen LogP contribution is -2.47. The van der Waals surface area contributed by atoms with Gasteiger partial charge in [-0.15, -0.1) is 0 Å². The number of ketones is 1. The molecule has 2 unspecified atom stereocenters. The van der Waals surface area contributed by atoms with Crippen molar-refractivity contribution in [2.45, 2.75) is 33.2 Å². The normalized spacial score (nSPS) is 25.2. The van der Waals surface area contributed by atoms with Crippen molar-refractivity contribution >= 4 is 27.4 Å². The fourth-order valence-corrected chi connectivity index (χ4v) is 2.80. The molecule has 2 atom stereocenters. The third kappa shape index (κ3) is 2.25. The van der Waals surface area contributed by atoms with Crippen LogP contribution in [0.4, 0.5) is 5.69 Å². The van der Waals surface area contributed by atoms with Gasteiger partial charge in [-0.1, -0.05) is 28.9 Å². The highest BCUT2D eigenvalue weighted by atomic mass is 79.9. The zero-order valence-electron chi connectivity index (χ0n) is 10.5. The maximum absolute atomic E-state index is 11.7. The predicted molar refractivity (Wildman–Crippen MR) is 74.5 cm³/mol. The van der Waals surface area contributed by atoms with E-state index in [1.807, 2.05) is 6.92 Å². The van der Waals surface area contributed by atoms with Gasteiger partial charge in [-0.05, 0) is 31.5 Å². The average molecular weight is 296 g/mol. The molecule has 3 heteroatoms. The first-order chi connectivity index (χ1) is 8.02. The second-order valence-electron chi connectivity index (χ2n) is 4.82. The van der Waals surface area contributed by atoms with E-state index in [9.17, 15) is 4.79 Å². The number of carbonyl (C=O) groups excluding carboxylic acids is 1. The molecule has 0 amide bonds. The molecule has 1 aromatic rings. The first-order valence-corrected chi connectivity index (χ1v) is 6.86. The second-order valence-corrected chi connectivity index (χ2v) is 5.68. The Morgan fingerprint density at radius 3 is 2.76 bits per heavy atom. The van der Waals surface area contributed by atoms with Gasteiger partial charge >= 0.3 is 0 Å². The minimum Gasteiger partial charge on any atom is -0.367 e. The molecule has 1 aliphatic rings. The van der Waals surface area contributed by atoms with Crippen molar-refractivity contribution in [3.8, 4) is 0 Å². The maximum atomic E-state index is 11.7. The number of hydrogen-bond acceptors (Lipinski definition) is 2. The summed E-state index contributed by atoms with van der Waals surface area (Å²) in [6.45, 7) is 7.13.